The number of likely N-dealkylation sites (N-methyl/N-ethyl adjacent to an activating group) is 1. The van der Waals surface area contributed by atoms with Crippen LogP contribution >= 0.6 is 11.3 Å². The summed E-state index contributed by atoms with van der Waals surface area (Å²) in [5.41, 5.74) is 1.61. The molecule has 8 heteroatoms. The van der Waals surface area contributed by atoms with E-state index in [2.05, 4.69) is 10.0 Å². The molecule has 1 atom stereocenters. The van der Waals surface area contributed by atoms with Gasteiger partial charge in [-0.1, -0.05) is 48.5 Å². The number of nitrogens with one attached hydrogen (secondary N) is 2. The van der Waals surface area contributed by atoms with Gasteiger partial charge < -0.3 is 10.2 Å². The number of carbonyl (C=O) groups is 1. The average molecular weight is 430 g/mol. The molecule has 152 valence electrons. The first-order valence-electron chi connectivity index (χ1n) is 9.03. The summed E-state index contributed by atoms with van der Waals surface area (Å²) in [6, 6.07) is 19.7. The molecule has 0 saturated carbocycles. The molecule has 0 radical (unpaired) electrons. The number of rotatable bonds is 8. The highest BCUT2D eigenvalue weighted by molar-refractivity contribution is 7.94. The van der Waals surface area contributed by atoms with E-state index in [1.54, 1.807) is 35.7 Å². The summed E-state index contributed by atoms with van der Waals surface area (Å²) < 4.78 is 27.8. The summed E-state index contributed by atoms with van der Waals surface area (Å²) in [7, 11) is 0.169. The van der Waals surface area contributed by atoms with E-state index in [9.17, 15) is 13.2 Å². The smallest absolute Gasteiger partial charge is 0.271 e. The van der Waals surface area contributed by atoms with Crippen molar-refractivity contribution in [2.75, 3.05) is 25.4 Å². The molecule has 0 bridgehead atoms. The first-order valence-corrected chi connectivity index (χ1v) is 11.4. The lowest BCUT2D eigenvalue weighted by Crippen LogP contribution is -2.35. The van der Waals surface area contributed by atoms with E-state index in [1.165, 1.54) is 6.07 Å². The molecule has 29 heavy (non-hydrogen) atoms. The lowest BCUT2D eigenvalue weighted by Gasteiger charge is -2.25. The lowest BCUT2D eigenvalue weighted by atomic mass is 10.1. The Hall–Kier alpha value is -2.68. The van der Waals surface area contributed by atoms with Gasteiger partial charge in [-0.2, -0.15) is 0 Å². The van der Waals surface area contributed by atoms with Crippen LogP contribution in [0.4, 0.5) is 5.69 Å². The maximum absolute atomic E-state index is 12.8. The highest BCUT2D eigenvalue weighted by atomic mass is 32.2. The van der Waals surface area contributed by atoms with Gasteiger partial charge in [0.2, 0.25) is 0 Å². The highest BCUT2D eigenvalue weighted by Gasteiger charge is 2.20. The van der Waals surface area contributed by atoms with Crippen LogP contribution in [0.3, 0.4) is 0 Å². The SMILES string of the molecule is CN(C)C(CNC(=O)c1ccccc1NS(=O)(=O)c1cccs1)c1ccccc1. The van der Waals surface area contributed by atoms with Gasteiger partial charge in [-0.25, -0.2) is 8.42 Å². The second-order valence-corrected chi connectivity index (χ2v) is 9.54. The Kier molecular flexibility index (Phi) is 6.68. The van der Waals surface area contributed by atoms with E-state index in [0.29, 0.717) is 6.54 Å². The molecule has 0 fully saturated rings. The molecular formula is C21H23N3O3S2. The quantitative estimate of drug-likeness (QED) is 0.574. The number of thiophene rings is 1. The minimum absolute atomic E-state index is 0.00452. The van der Waals surface area contributed by atoms with Crippen LogP contribution < -0.4 is 10.0 Å². The van der Waals surface area contributed by atoms with Crippen molar-refractivity contribution in [3.63, 3.8) is 0 Å². The third-order valence-corrected chi connectivity index (χ3v) is 7.20. The highest BCUT2D eigenvalue weighted by Crippen LogP contribution is 2.23. The molecule has 3 aromatic rings. The lowest BCUT2D eigenvalue weighted by molar-refractivity contribution is 0.0943. The fourth-order valence-corrected chi connectivity index (χ4v) is 5.01. The fraction of sp³-hybridized carbons (Fsp3) is 0.190. The summed E-state index contributed by atoms with van der Waals surface area (Å²) in [5, 5.41) is 4.62. The molecule has 6 nitrogen and oxygen atoms in total. The van der Waals surface area contributed by atoms with Crippen molar-refractivity contribution < 1.29 is 13.2 Å². The van der Waals surface area contributed by atoms with Gasteiger partial charge in [-0.3, -0.25) is 9.52 Å². The van der Waals surface area contributed by atoms with Crippen LogP contribution in [0.25, 0.3) is 0 Å². The molecular weight excluding hydrogens is 406 g/mol. The summed E-state index contributed by atoms with van der Waals surface area (Å²) in [4.78, 5) is 14.9. The Bertz CT molecular complexity index is 1050. The molecule has 1 heterocycles. The minimum Gasteiger partial charge on any atom is -0.350 e. The van der Waals surface area contributed by atoms with E-state index in [0.717, 1.165) is 16.9 Å². The number of amides is 1. The largest absolute Gasteiger partial charge is 0.350 e. The van der Waals surface area contributed by atoms with E-state index in [4.69, 9.17) is 0 Å². The van der Waals surface area contributed by atoms with Gasteiger partial charge >= 0.3 is 0 Å². The number of hydrogen-bond donors (Lipinski definition) is 2. The van der Waals surface area contributed by atoms with Crippen LogP contribution in [0.15, 0.2) is 76.3 Å². The van der Waals surface area contributed by atoms with Gasteiger partial charge in [0.05, 0.1) is 17.3 Å². The average Bonchev–Trinajstić information content (AvgIpc) is 3.25. The van der Waals surface area contributed by atoms with Crippen LogP contribution in [0.1, 0.15) is 22.0 Å². The first-order chi connectivity index (χ1) is 13.9. The molecule has 0 aliphatic rings. The van der Waals surface area contributed by atoms with Gasteiger partial charge in [0.15, 0.2) is 0 Å². The summed E-state index contributed by atoms with van der Waals surface area (Å²) in [6.07, 6.45) is 0. The molecule has 1 amide bonds. The topological polar surface area (TPSA) is 78.5 Å². The van der Waals surface area contributed by atoms with Crippen LogP contribution in [-0.4, -0.2) is 39.9 Å². The zero-order valence-electron chi connectivity index (χ0n) is 16.2. The third kappa shape index (κ3) is 5.23. The molecule has 2 aromatic carbocycles. The number of sulfonamides is 1. The van der Waals surface area contributed by atoms with Gasteiger partial charge in [-0.15, -0.1) is 11.3 Å². The Labute approximate surface area is 175 Å². The number of hydrogen-bond acceptors (Lipinski definition) is 5. The second kappa shape index (κ2) is 9.21. The summed E-state index contributed by atoms with van der Waals surface area (Å²) >= 11 is 1.12. The van der Waals surface area contributed by atoms with Crippen LogP contribution in [0, 0.1) is 0 Å². The van der Waals surface area contributed by atoms with Crippen molar-refractivity contribution >= 4 is 33.0 Å². The van der Waals surface area contributed by atoms with Gasteiger partial charge in [0, 0.05) is 6.54 Å². The number of benzene rings is 2. The maximum atomic E-state index is 12.8. The van der Waals surface area contributed by atoms with Crippen molar-refractivity contribution in [3.05, 3.63) is 83.2 Å². The van der Waals surface area contributed by atoms with Crippen molar-refractivity contribution in [1.29, 1.82) is 0 Å². The van der Waals surface area contributed by atoms with E-state index in [-0.39, 0.29) is 27.4 Å². The van der Waals surface area contributed by atoms with Crippen LogP contribution in [0.2, 0.25) is 0 Å². The monoisotopic (exact) mass is 429 g/mol. The third-order valence-electron chi connectivity index (χ3n) is 4.44. The summed E-state index contributed by atoms with van der Waals surface area (Å²) in [5.74, 6) is -0.336. The molecule has 0 spiro atoms. The van der Waals surface area contributed by atoms with Gasteiger partial charge in [-0.05, 0) is 43.2 Å². The molecule has 2 N–H and O–H groups in total. The van der Waals surface area contributed by atoms with E-state index in [1.807, 2.05) is 49.3 Å². The number of para-hydroxylation sites is 1. The Morgan fingerprint density at radius 2 is 1.69 bits per heavy atom. The Morgan fingerprint density at radius 3 is 2.34 bits per heavy atom. The predicted molar refractivity (Wildman–Crippen MR) is 117 cm³/mol. The van der Waals surface area contributed by atoms with Crippen LogP contribution in [0.5, 0.6) is 0 Å². The Balaban J connectivity index is 1.76. The second-order valence-electron chi connectivity index (χ2n) is 6.68. The Morgan fingerprint density at radius 1 is 1.00 bits per heavy atom. The predicted octanol–water partition coefficient (Wildman–Crippen LogP) is 3.58. The number of anilines is 1. The molecule has 0 aliphatic heterocycles. The van der Waals surface area contributed by atoms with Crippen molar-refractivity contribution in [3.8, 4) is 0 Å². The van der Waals surface area contributed by atoms with Crippen molar-refractivity contribution in [2.45, 2.75) is 10.3 Å². The zero-order valence-corrected chi connectivity index (χ0v) is 17.8. The normalized spacial score (nSPS) is 12.5. The van der Waals surface area contributed by atoms with Crippen molar-refractivity contribution in [2.24, 2.45) is 0 Å². The molecule has 0 aliphatic carbocycles. The zero-order chi connectivity index (χ0) is 20.9. The van der Waals surface area contributed by atoms with Gasteiger partial charge in [0.25, 0.3) is 15.9 Å². The molecule has 1 unspecified atom stereocenters. The van der Waals surface area contributed by atoms with Crippen LogP contribution in [-0.2, 0) is 10.0 Å². The van der Waals surface area contributed by atoms with Crippen molar-refractivity contribution in [1.82, 2.24) is 10.2 Å². The minimum atomic E-state index is -3.73. The molecule has 1 aromatic heterocycles. The van der Waals surface area contributed by atoms with E-state index < -0.39 is 10.0 Å². The van der Waals surface area contributed by atoms with Gasteiger partial charge in [0.1, 0.15) is 4.21 Å². The van der Waals surface area contributed by atoms with E-state index >= 15 is 0 Å². The molecule has 3 rings (SSSR count). The maximum Gasteiger partial charge on any atom is 0.271 e. The first kappa shape index (κ1) is 21.0. The molecule has 0 saturated heterocycles. The standard InChI is InChI=1S/C21H23N3O3S2/c1-24(2)19(16-9-4-3-5-10-16)15-22-21(25)17-11-6-7-12-18(17)23-29(26,27)20-13-8-14-28-20/h3-14,19,23H,15H2,1-2H3,(H,22,25). The number of carbonyl (C=O) groups excluding carboxylic acids is 1. The summed E-state index contributed by atoms with van der Waals surface area (Å²) in [6.45, 7) is 0.391. The fourth-order valence-electron chi connectivity index (χ4n) is 2.94. The number of nitrogens with zero attached hydrogens (tertiary/aromatic N) is 1.